The molecule has 1 saturated heterocycles. The van der Waals surface area contributed by atoms with Gasteiger partial charge in [-0.2, -0.15) is 0 Å². The molecule has 0 radical (unpaired) electrons. The van der Waals surface area contributed by atoms with E-state index in [1.54, 1.807) is 18.4 Å². The van der Waals surface area contributed by atoms with Crippen molar-refractivity contribution < 1.29 is 4.74 Å². The Kier molecular flexibility index (Phi) is 4.13. The van der Waals surface area contributed by atoms with Crippen LogP contribution in [0.3, 0.4) is 0 Å². The molecule has 4 heteroatoms. The average Bonchev–Trinajstić information content (AvgIpc) is 2.83. The van der Waals surface area contributed by atoms with Crippen molar-refractivity contribution in [3.05, 3.63) is 41.5 Å². The van der Waals surface area contributed by atoms with E-state index in [1.165, 1.54) is 46.7 Å². The molecule has 0 amide bonds. The Balaban J connectivity index is 1.66. The topological polar surface area (TPSA) is 24.5 Å². The van der Waals surface area contributed by atoms with Crippen molar-refractivity contribution in [3.63, 3.8) is 0 Å². The van der Waals surface area contributed by atoms with Crippen molar-refractivity contribution in [1.29, 1.82) is 0 Å². The molecule has 3 aliphatic rings. The number of rotatable bonds is 2. The zero-order valence-corrected chi connectivity index (χ0v) is 16.4. The van der Waals surface area contributed by atoms with Gasteiger partial charge in [0.05, 0.1) is 12.8 Å². The molecule has 3 aliphatic heterocycles. The maximum Gasteiger partial charge on any atom is 0.119 e. The van der Waals surface area contributed by atoms with Crippen LogP contribution in [0.15, 0.2) is 35.2 Å². The fourth-order valence-corrected chi connectivity index (χ4v) is 6.04. The van der Waals surface area contributed by atoms with Crippen LogP contribution in [-0.2, 0) is 0 Å². The smallest absolute Gasteiger partial charge is 0.119 e. The van der Waals surface area contributed by atoms with E-state index in [-0.39, 0.29) is 0 Å². The molecule has 5 rings (SSSR count). The molecule has 136 valence electrons. The van der Waals surface area contributed by atoms with Crippen molar-refractivity contribution in [2.24, 2.45) is 0 Å². The minimum absolute atomic E-state index is 0.634. The number of thioether (sulfide) groups is 1. The van der Waals surface area contributed by atoms with Crippen LogP contribution in [0.25, 0.3) is 11.1 Å². The van der Waals surface area contributed by atoms with E-state index in [0.29, 0.717) is 12.0 Å². The Morgan fingerprint density at radius 3 is 3.00 bits per heavy atom. The number of anilines is 1. The highest BCUT2D eigenvalue weighted by Gasteiger charge is 2.41. The Morgan fingerprint density at radius 2 is 2.15 bits per heavy atom. The van der Waals surface area contributed by atoms with Crippen molar-refractivity contribution in [3.8, 4) is 16.9 Å². The molecule has 2 aromatic rings. The van der Waals surface area contributed by atoms with E-state index < -0.39 is 0 Å². The molecular weight excluding hydrogens is 340 g/mol. The highest BCUT2D eigenvalue weighted by atomic mass is 32.2. The van der Waals surface area contributed by atoms with Gasteiger partial charge in [-0.3, -0.25) is 0 Å². The van der Waals surface area contributed by atoms with Crippen LogP contribution in [0, 0.1) is 6.92 Å². The van der Waals surface area contributed by atoms with E-state index in [1.807, 2.05) is 11.8 Å². The average molecular weight is 367 g/mol. The van der Waals surface area contributed by atoms with Crippen molar-refractivity contribution in [2.75, 3.05) is 37.4 Å². The zero-order valence-electron chi connectivity index (χ0n) is 15.5. The van der Waals surface area contributed by atoms with E-state index in [9.17, 15) is 0 Å². The Labute approximate surface area is 160 Å². The first kappa shape index (κ1) is 16.5. The van der Waals surface area contributed by atoms with Crippen LogP contribution in [-0.4, -0.2) is 38.5 Å². The minimum Gasteiger partial charge on any atom is -0.497 e. The Hall–Kier alpha value is -1.65. The molecule has 0 spiro atoms. The summed E-state index contributed by atoms with van der Waals surface area (Å²) >= 11 is 2.05. The maximum absolute atomic E-state index is 5.40. The van der Waals surface area contributed by atoms with Gasteiger partial charge in [0, 0.05) is 29.9 Å². The van der Waals surface area contributed by atoms with Crippen LogP contribution >= 0.6 is 11.8 Å². The minimum atomic E-state index is 0.634. The fourth-order valence-electron chi connectivity index (χ4n) is 4.97. The van der Waals surface area contributed by atoms with E-state index in [0.717, 1.165) is 18.8 Å². The number of nitrogens with zero attached hydrogens (tertiary/aromatic N) is 1. The second-order valence-electron chi connectivity index (χ2n) is 7.66. The molecule has 0 bridgehead atoms. The summed E-state index contributed by atoms with van der Waals surface area (Å²) in [6.07, 6.45) is 2.55. The molecule has 1 fully saturated rings. The Bertz CT molecular complexity index is 850. The van der Waals surface area contributed by atoms with Crippen molar-refractivity contribution in [2.45, 2.75) is 36.6 Å². The van der Waals surface area contributed by atoms with Crippen LogP contribution in [0.4, 0.5) is 5.69 Å². The normalized spacial score (nSPS) is 24.0. The first-order chi connectivity index (χ1) is 12.8. The number of hydrogen-bond acceptors (Lipinski definition) is 4. The lowest BCUT2D eigenvalue weighted by Gasteiger charge is -2.33. The zero-order chi connectivity index (χ0) is 17.7. The summed E-state index contributed by atoms with van der Waals surface area (Å²) < 4.78 is 5.40. The monoisotopic (exact) mass is 366 g/mol. The van der Waals surface area contributed by atoms with Gasteiger partial charge in [-0.25, -0.2) is 0 Å². The fraction of sp³-hybridized carbons (Fsp3) is 0.455. The van der Waals surface area contributed by atoms with E-state index >= 15 is 0 Å². The predicted octanol–water partition coefficient (Wildman–Crippen LogP) is 4.43. The number of benzene rings is 2. The number of piperidine rings is 1. The van der Waals surface area contributed by atoms with Crippen LogP contribution in [0.2, 0.25) is 0 Å². The van der Waals surface area contributed by atoms with Gasteiger partial charge in [-0.1, -0.05) is 6.07 Å². The third-order valence-electron chi connectivity index (χ3n) is 6.18. The summed E-state index contributed by atoms with van der Waals surface area (Å²) in [5.41, 5.74) is 7.08. The summed E-state index contributed by atoms with van der Waals surface area (Å²) in [6, 6.07) is 12.0. The van der Waals surface area contributed by atoms with Crippen LogP contribution in [0.5, 0.6) is 5.75 Å². The second kappa shape index (κ2) is 6.50. The third-order valence-corrected chi connectivity index (χ3v) is 7.30. The molecule has 0 aliphatic carbocycles. The van der Waals surface area contributed by atoms with Gasteiger partial charge >= 0.3 is 0 Å². The lowest BCUT2D eigenvalue weighted by molar-refractivity contribution is 0.403. The van der Waals surface area contributed by atoms with Crippen molar-refractivity contribution >= 4 is 17.4 Å². The second-order valence-corrected chi connectivity index (χ2v) is 8.79. The highest BCUT2D eigenvalue weighted by molar-refractivity contribution is 7.99. The summed E-state index contributed by atoms with van der Waals surface area (Å²) in [5.74, 6) is 2.79. The summed E-state index contributed by atoms with van der Waals surface area (Å²) in [6.45, 7) is 5.67. The number of methoxy groups -OCH3 is 1. The van der Waals surface area contributed by atoms with Gasteiger partial charge in [0.15, 0.2) is 0 Å². The summed E-state index contributed by atoms with van der Waals surface area (Å²) in [7, 11) is 1.74. The number of nitrogens with one attached hydrogen (secondary N) is 1. The number of aryl methyl sites for hydroxylation is 1. The summed E-state index contributed by atoms with van der Waals surface area (Å²) in [5, 5.41) is 3.63. The van der Waals surface area contributed by atoms with Gasteiger partial charge in [0.25, 0.3) is 0 Å². The quantitative estimate of drug-likeness (QED) is 0.850. The van der Waals surface area contributed by atoms with Gasteiger partial charge in [-0.15, -0.1) is 11.8 Å². The Morgan fingerprint density at radius 1 is 1.23 bits per heavy atom. The first-order valence-corrected chi connectivity index (χ1v) is 10.7. The van der Waals surface area contributed by atoms with Gasteiger partial charge in [-0.05, 0) is 78.6 Å². The predicted molar refractivity (Wildman–Crippen MR) is 110 cm³/mol. The molecule has 3 heterocycles. The largest absolute Gasteiger partial charge is 0.497 e. The number of ether oxygens (including phenoxy) is 1. The van der Waals surface area contributed by atoms with Crippen LogP contribution < -0.4 is 15.0 Å². The molecule has 2 unspecified atom stereocenters. The SMILES string of the molecule is COc1ccc(-c2cc3c4c(c2)C2CNCCC2N4CCCS3)c(C)c1. The molecule has 0 aromatic heterocycles. The highest BCUT2D eigenvalue weighted by Crippen LogP contribution is 2.51. The molecule has 2 aromatic carbocycles. The number of fused-ring (bicyclic) bond motifs is 3. The lowest BCUT2D eigenvalue weighted by Crippen LogP contribution is -2.44. The molecular formula is C22H26N2OS. The molecule has 1 N–H and O–H groups in total. The maximum atomic E-state index is 5.40. The molecule has 2 atom stereocenters. The van der Waals surface area contributed by atoms with Gasteiger partial charge in [0.1, 0.15) is 5.75 Å². The molecule has 0 saturated carbocycles. The van der Waals surface area contributed by atoms with Gasteiger partial charge in [0.2, 0.25) is 0 Å². The van der Waals surface area contributed by atoms with E-state index in [4.69, 9.17) is 4.74 Å². The molecule has 26 heavy (non-hydrogen) atoms. The summed E-state index contributed by atoms with van der Waals surface area (Å²) in [4.78, 5) is 4.22. The lowest BCUT2D eigenvalue weighted by atomic mass is 9.88. The van der Waals surface area contributed by atoms with E-state index in [2.05, 4.69) is 47.5 Å². The third kappa shape index (κ3) is 2.54. The van der Waals surface area contributed by atoms with Crippen LogP contribution in [0.1, 0.15) is 29.9 Å². The van der Waals surface area contributed by atoms with Crippen molar-refractivity contribution in [1.82, 2.24) is 5.32 Å². The number of hydrogen-bond donors (Lipinski definition) is 1. The standard InChI is InChI=1S/C22H26N2OS/c1-14-10-16(25-2)4-5-17(14)15-11-18-19-13-23-7-6-20(19)24-8-3-9-26-21(12-15)22(18)24/h4-5,10-12,19-20,23H,3,6-9,13H2,1-2H3. The van der Waals surface area contributed by atoms with Gasteiger partial charge < -0.3 is 15.0 Å². The molecule has 3 nitrogen and oxygen atoms in total. The first-order valence-electron chi connectivity index (χ1n) is 9.69.